The van der Waals surface area contributed by atoms with Crippen molar-refractivity contribution in [1.29, 1.82) is 0 Å². The van der Waals surface area contributed by atoms with Crippen molar-refractivity contribution < 1.29 is 9.18 Å². The van der Waals surface area contributed by atoms with Gasteiger partial charge in [-0.25, -0.2) is 4.39 Å². The minimum absolute atomic E-state index is 0.341. The van der Waals surface area contributed by atoms with E-state index in [0.29, 0.717) is 24.4 Å². The molecule has 0 spiro atoms. The molecule has 0 radical (unpaired) electrons. The van der Waals surface area contributed by atoms with Gasteiger partial charge in [-0.2, -0.15) is 0 Å². The summed E-state index contributed by atoms with van der Waals surface area (Å²) in [4.78, 5) is 14.3. The maximum absolute atomic E-state index is 13.8. The minimum atomic E-state index is -0.852. The van der Waals surface area contributed by atoms with Crippen molar-refractivity contribution in [2.24, 2.45) is 11.7 Å². The molecule has 0 saturated carbocycles. The quantitative estimate of drug-likeness (QED) is 0.875. The van der Waals surface area contributed by atoms with Crippen molar-refractivity contribution in [2.45, 2.75) is 32.2 Å². The number of nitrogens with zero attached hydrogens (tertiary/aromatic N) is 1. The lowest BCUT2D eigenvalue weighted by atomic mass is 9.86. The molecule has 21 heavy (non-hydrogen) atoms. The van der Waals surface area contributed by atoms with Crippen molar-refractivity contribution in [2.75, 3.05) is 25.0 Å². The largest absolute Gasteiger partial charge is 0.369 e. The number of anilines is 1. The number of piperidine rings is 1. The fourth-order valence-electron chi connectivity index (χ4n) is 2.89. The van der Waals surface area contributed by atoms with Gasteiger partial charge in [0.15, 0.2) is 0 Å². The summed E-state index contributed by atoms with van der Waals surface area (Å²) in [6.45, 7) is 6.95. The molecule has 0 bridgehead atoms. The first-order chi connectivity index (χ1) is 9.93. The van der Waals surface area contributed by atoms with E-state index in [1.54, 1.807) is 18.2 Å². The summed E-state index contributed by atoms with van der Waals surface area (Å²) in [6, 6.07) is 6.39. The van der Waals surface area contributed by atoms with E-state index in [-0.39, 0.29) is 5.82 Å². The highest BCUT2D eigenvalue weighted by molar-refractivity contribution is 5.88. The van der Waals surface area contributed by atoms with Crippen molar-refractivity contribution in [1.82, 2.24) is 4.90 Å². The highest BCUT2D eigenvalue weighted by Crippen LogP contribution is 2.28. The zero-order valence-electron chi connectivity index (χ0n) is 12.7. The average Bonchev–Trinajstić information content (AvgIpc) is 2.43. The molecule has 1 aliphatic heterocycles. The van der Waals surface area contributed by atoms with Gasteiger partial charge in [0.05, 0.1) is 5.69 Å². The number of hydrogen-bond donors (Lipinski definition) is 2. The van der Waals surface area contributed by atoms with Gasteiger partial charge in [0, 0.05) is 19.6 Å². The molecule has 1 aromatic carbocycles. The van der Waals surface area contributed by atoms with Crippen molar-refractivity contribution in [3.05, 3.63) is 30.1 Å². The highest BCUT2D eigenvalue weighted by Gasteiger charge is 2.40. The van der Waals surface area contributed by atoms with Crippen molar-refractivity contribution in [3.8, 4) is 0 Å². The van der Waals surface area contributed by atoms with Crippen LogP contribution in [0.25, 0.3) is 0 Å². The van der Waals surface area contributed by atoms with Crippen LogP contribution in [0.1, 0.15) is 26.7 Å². The van der Waals surface area contributed by atoms with Gasteiger partial charge in [-0.15, -0.1) is 0 Å². The Balaban J connectivity index is 2.10. The molecule has 0 aliphatic carbocycles. The standard InChI is InChI=1S/C16H24FN3O/c1-12(2)11-20-9-7-16(8-10-20,15(18)21)19-14-6-4-3-5-13(14)17/h3-6,12,19H,7-11H2,1-2H3,(H2,18,21). The van der Waals surface area contributed by atoms with Gasteiger partial charge >= 0.3 is 0 Å². The molecule has 4 nitrogen and oxygen atoms in total. The number of carbonyl (C=O) groups is 1. The number of hydrogen-bond acceptors (Lipinski definition) is 3. The molecule has 3 N–H and O–H groups in total. The lowest BCUT2D eigenvalue weighted by Crippen LogP contribution is -2.57. The molecule has 1 amide bonds. The smallest absolute Gasteiger partial charge is 0.243 e. The minimum Gasteiger partial charge on any atom is -0.369 e. The zero-order valence-corrected chi connectivity index (χ0v) is 12.7. The number of halogens is 1. The van der Waals surface area contributed by atoms with Crippen LogP contribution in [0.2, 0.25) is 0 Å². The number of para-hydroxylation sites is 1. The van der Waals surface area contributed by atoms with Gasteiger partial charge in [0.1, 0.15) is 11.4 Å². The lowest BCUT2D eigenvalue weighted by molar-refractivity contribution is -0.123. The molecule has 1 aliphatic rings. The number of primary amides is 1. The third kappa shape index (κ3) is 3.73. The molecule has 0 atom stereocenters. The molecule has 0 aromatic heterocycles. The molecular weight excluding hydrogens is 269 g/mol. The number of nitrogens with two attached hydrogens (primary N) is 1. The molecule has 1 fully saturated rings. The van der Waals surface area contributed by atoms with E-state index >= 15 is 0 Å². The topological polar surface area (TPSA) is 58.4 Å². The highest BCUT2D eigenvalue weighted by atomic mass is 19.1. The van der Waals surface area contributed by atoms with Crippen LogP contribution in [0.4, 0.5) is 10.1 Å². The molecule has 2 rings (SSSR count). The van der Waals surface area contributed by atoms with Gasteiger partial charge in [-0.1, -0.05) is 26.0 Å². The first-order valence-corrected chi connectivity index (χ1v) is 7.48. The summed E-state index contributed by atoms with van der Waals surface area (Å²) in [5, 5.41) is 3.06. The van der Waals surface area contributed by atoms with Crippen LogP contribution in [0.3, 0.4) is 0 Å². The fraction of sp³-hybridized carbons (Fsp3) is 0.562. The maximum atomic E-state index is 13.8. The normalized spacial score (nSPS) is 18.7. The Bertz CT molecular complexity index is 496. The monoisotopic (exact) mass is 293 g/mol. The van der Waals surface area contributed by atoms with Crippen LogP contribution in [0, 0.1) is 11.7 Å². The van der Waals surface area contributed by atoms with Crippen LogP contribution in [0.15, 0.2) is 24.3 Å². The Morgan fingerprint density at radius 3 is 2.52 bits per heavy atom. The van der Waals surface area contributed by atoms with Gasteiger partial charge in [0.2, 0.25) is 5.91 Å². The Kier molecular flexibility index (Phi) is 4.83. The first kappa shape index (κ1) is 15.8. The number of benzene rings is 1. The number of nitrogens with one attached hydrogen (secondary N) is 1. The van der Waals surface area contributed by atoms with E-state index in [0.717, 1.165) is 19.6 Å². The second-order valence-electron chi connectivity index (χ2n) is 6.25. The van der Waals surface area contributed by atoms with Gasteiger partial charge in [0.25, 0.3) is 0 Å². The summed E-state index contributed by atoms with van der Waals surface area (Å²) in [5.41, 5.74) is 5.09. The van der Waals surface area contributed by atoms with Crippen molar-refractivity contribution in [3.63, 3.8) is 0 Å². The molecule has 5 heteroatoms. The second-order valence-corrected chi connectivity index (χ2v) is 6.25. The summed E-state index contributed by atoms with van der Waals surface area (Å²) in [7, 11) is 0. The Labute approximate surface area is 125 Å². The number of likely N-dealkylation sites (tertiary alicyclic amines) is 1. The van der Waals surface area contributed by atoms with E-state index in [1.807, 2.05) is 0 Å². The number of amides is 1. The van der Waals surface area contributed by atoms with Crippen LogP contribution < -0.4 is 11.1 Å². The van der Waals surface area contributed by atoms with Crippen LogP contribution in [0.5, 0.6) is 0 Å². The van der Waals surface area contributed by atoms with Gasteiger partial charge < -0.3 is 16.0 Å². The Morgan fingerprint density at radius 2 is 2.00 bits per heavy atom. The van der Waals surface area contributed by atoms with E-state index < -0.39 is 11.4 Å². The molecule has 1 aromatic rings. The third-order valence-electron chi connectivity index (χ3n) is 4.05. The van der Waals surface area contributed by atoms with Gasteiger partial charge in [-0.05, 0) is 30.9 Å². The fourth-order valence-corrected chi connectivity index (χ4v) is 2.89. The molecule has 1 heterocycles. The lowest BCUT2D eigenvalue weighted by Gasteiger charge is -2.41. The SMILES string of the molecule is CC(C)CN1CCC(Nc2ccccc2F)(C(N)=O)CC1. The predicted octanol–water partition coefficient (Wildman–Crippen LogP) is 2.21. The summed E-state index contributed by atoms with van der Waals surface area (Å²) in [5.74, 6) is -0.178. The average molecular weight is 293 g/mol. The van der Waals surface area contributed by atoms with Crippen LogP contribution >= 0.6 is 0 Å². The zero-order chi connectivity index (χ0) is 15.5. The van der Waals surface area contributed by atoms with Crippen molar-refractivity contribution >= 4 is 11.6 Å². The Hall–Kier alpha value is -1.62. The van der Waals surface area contributed by atoms with Gasteiger partial charge in [-0.3, -0.25) is 4.79 Å². The number of carbonyl (C=O) groups excluding carboxylic acids is 1. The second kappa shape index (κ2) is 6.43. The van der Waals surface area contributed by atoms with Crippen LogP contribution in [-0.4, -0.2) is 36.0 Å². The maximum Gasteiger partial charge on any atom is 0.243 e. The predicted molar refractivity (Wildman–Crippen MR) is 82.5 cm³/mol. The third-order valence-corrected chi connectivity index (χ3v) is 4.05. The summed E-state index contributed by atoms with van der Waals surface area (Å²) >= 11 is 0. The van der Waals surface area contributed by atoms with E-state index in [4.69, 9.17) is 5.73 Å². The first-order valence-electron chi connectivity index (χ1n) is 7.48. The van der Waals surface area contributed by atoms with E-state index in [2.05, 4.69) is 24.1 Å². The summed E-state index contributed by atoms with van der Waals surface area (Å²) in [6.07, 6.45) is 1.20. The molecule has 1 saturated heterocycles. The molecular formula is C16H24FN3O. The summed E-state index contributed by atoms with van der Waals surface area (Å²) < 4.78 is 13.8. The number of rotatable bonds is 5. The molecule has 0 unspecified atom stereocenters. The van der Waals surface area contributed by atoms with E-state index in [1.165, 1.54) is 6.07 Å². The van der Waals surface area contributed by atoms with Crippen LogP contribution in [-0.2, 0) is 4.79 Å². The Morgan fingerprint density at radius 1 is 1.38 bits per heavy atom. The molecule has 116 valence electrons. The van der Waals surface area contributed by atoms with E-state index in [9.17, 15) is 9.18 Å².